The van der Waals surface area contributed by atoms with Gasteiger partial charge in [-0.05, 0) is 43.2 Å². The molecule has 0 radical (unpaired) electrons. The first-order chi connectivity index (χ1) is 9.51. The van der Waals surface area contributed by atoms with E-state index >= 15 is 0 Å². The summed E-state index contributed by atoms with van der Waals surface area (Å²) >= 11 is 6.01. The normalized spacial score (nSPS) is 25.7. The van der Waals surface area contributed by atoms with Gasteiger partial charge < -0.3 is 5.32 Å². The van der Waals surface area contributed by atoms with Gasteiger partial charge >= 0.3 is 0 Å². The number of aryl methyl sites for hydroxylation is 1. The number of nitrogens with one attached hydrogen (secondary N) is 1. The highest BCUT2D eigenvalue weighted by Crippen LogP contribution is 2.31. The number of nitrogens with zero attached hydrogens (tertiary/aromatic N) is 1. The molecule has 4 heteroatoms. The molecule has 2 rings (SSSR count). The molecule has 0 saturated heterocycles. The van der Waals surface area contributed by atoms with E-state index in [0.29, 0.717) is 22.6 Å². The van der Waals surface area contributed by atoms with E-state index in [1.807, 2.05) is 6.07 Å². The molecular weight excluding hydrogens is 272 g/mol. The van der Waals surface area contributed by atoms with Gasteiger partial charge in [0.15, 0.2) is 0 Å². The van der Waals surface area contributed by atoms with E-state index in [1.165, 1.54) is 6.42 Å². The molecule has 3 nitrogen and oxygen atoms in total. The number of carbonyl (C=O) groups is 1. The second kappa shape index (κ2) is 6.57. The SMILES string of the molecule is CCCc1cc(C(=O)NC2CCC(C)C2C)cc(Cl)n1. The fourth-order valence-corrected chi connectivity index (χ4v) is 3.11. The number of rotatable bonds is 4. The van der Waals surface area contributed by atoms with Crippen LogP contribution < -0.4 is 5.32 Å². The van der Waals surface area contributed by atoms with E-state index in [1.54, 1.807) is 6.07 Å². The number of pyridine rings is 1. The molecule has 0 spiro atoms. The summed E-state index contributed by atoms with van der Waals surface area (Å²) in [6.45, 7) is 6.55. The molecule has 1 aromatic rings. The second-order valence-corrected chi connectivity index (χ2v) is 6.30. The summed E-state index contributed by atoms with van der Waals surface area (Å²) in [7, 11) is 0. The van der Waals surface area contributed by atoms with Gasteiger partial charge in [-0.1, -0.05) is 38.8 Å². The number of hydrogen-bond donors (Lipinski definition) is 1. The molecule has 1 amide bonds. The average molecular weight is 295 g/mol. The third kappa shape index (κ3) is 3.51. The van der Waals surface area contributed by atoms with Crippen molar-refractivity contribution in [1.29, 1.82) is 0 Å². The largest absolute Gasteiger partial charge is 0.349 e. The highest BCUT2D eigenvalue weighted by atomic mass is 35.5. The van der Waals surface area contributed by atoms with Crippen molar-refractivity contribution in [2.45, 2.75) is 52.5 Å². The van der Waals surface area contributed by atoms with Crippen LogP contribution in [0, 0.1) is 11.8 Å². The average Bonchev–Trinajstić information content (AvgIpc) is 2.70. The predicted molar refractivity (Wildman–Crippen MR) is 82.1 cm³/mol. The van der Waals surface area contributed by atoms with Crippen molar-refractivity contribution < 1.29 is 4.79 Å². The van der Waals surface area contributed by atoms with Gasteiger partial charge in [0.25, 0.3) is 5.91 Å². The smallest absolute Gasteiger partial charge is 0.251 e. The van der Waals surface area contributed by atoms with Crippen molar-refractivity contribution in [3.05, 3.63) is 28.5 Å². The summed E-state index contributed by atoms with van der Waals surface area (Å²) in [6, 6.07) is 3.78. The monoisotopic (exact) mass is 294 g/mol. The number of carbonyl (C=O) groups excluding carboxylic acids is 1. The maximum Gasteiger partial charge on any atom is 0.251 e. The number of halogens is 1. The Morgan fingerprint density at radius 1 is 1.40 bits per heavy atom. The van der Waals surface area contributed by atoms with Crippen LogP contribution in [0.2, 0.25) is 5.15 Å². The van der Waals surface area contributed by atoms with E-state index in [0.717, 1.165) is 25.0 Å². The Kier molecular flexibility index (Phi) is 5.03. The minimum Gasteiger partial charge on any atom is -0.349 e. The molecule has 110 valence electrons. The molecule has 1 saturated carbocycles. The lowest BCUT2D eigenvalue weighted by molar-refractivity contribution is 0.0927. The van der Waals surface area contributed by atoms with Gasteiger partial charge in [0.2, 0.25) is 0 Å². The van der Waals surface area contributed by atoms with Crippen LogP contribution in [0.1, 0.15) is 56.1 Å². The van der Waals surface area contributed by atoms with Gasteiger partial charge in [-0.3, -0.25) is 4.79 Å². The maximum absolute atomic E-state index is 12.4. The van der Waals surface area contributed by atoms with Crippen LogP contribution in [0.4, 0.5) is 0 Å². The first-order valence-electron chi connectivity index (χ1n) is 7.48. The van der Waals surface area contributed by atoms with Gasteiger partial charge in [-0.2, -0.15) is 0 Å². The minimum absolute atomic E-state index is 0.0300. The zero-order valence-corrected chi connectivity index (χ0v) is 13.2. The van der Waals surface area contributed by atoms with Crippen LogP contribution >= 0.6 is 11.6 Å². The van der Waals surface area contributed by atoms with Crippen molar-refractivity contribution in [2.75, 3.05) is 0 Å². The van der Waals surface area contributed by atoms with E-state index in [2.05, 4.69) is 31.1 Å². The molecule has 1 N–H and O–H groups in total. The number of aromatic nitrogens is 1. The molecule has 20 heavy (non-hydrogen) atoms. The summed E-state index contributed by atoms with van der Waals surface area (Å²) in [6.07, 6.45) is 4.09. The molecule has 1 aliphatic carbocycles. The lowest BCUT2D eigenvalue weighted by Crippen LogP contribution is -2.37. The number of hydrogen-bond acceptors (Lipinski definition) is 2. The Bertz CT molecular complexity index is 489. The molecule has 1 aliphatic rings. The van der Waals surface area contributed by atoms with Crippen molar-refractivity contribution in [1.82, 2.24) is 10.3 Å². The van der Waals surface area contributed by atoms with Crippen molar-refractivity contribution in [3.63, 3.8) is 0 Å². The second-order valence-electron chi connectivity index (χ2n) is 5.91. The van der Waals surface area contributed by atoms with E-state index in [9.17, 15) is 4.79 Å². The van der Waals surface area contributed by atoms with Crippen LogP contribution in [0.5, 0.6) is 0 Å². The van der Waals surface area contributed by atoms with E-state index in [4.69, 9.17) is 11.6 Å². The molecule has 3 atom stereocenters. The van der Waals surface area contributed by atoms with Gasteiger partial charge in [0, 0.05) is 17.3 Å². The molecule has 1 aromatic heterocycles. The fraction of sp³-hybridized carbons (Fsp3) is 0.625. The maximum atomic E-state index is 12.4. The zero-order valence-electron chi connectivity index (χ0n) is 12.4. The molecule has 3 unspecified atom stereocenters. The Hall–Kier alpha value is -1.09. The van der Waals surface area contributed by atoms with Crippen LogP contribution in [0.25, 0.3) is 0 Å². The summed E-state index contributed by atoms with van der Waals surface area (Å²) < 4.78 is 0. The molecule has 1 heterocycles. The third-order valence-electron chi connectivity index (χ3n) is 4.40. The van der Waals surface area contributed by atoms with Gasteiger partial charge in [-0.15, -0.1) is 0 Å². The van der Waals surface area contributed by atoms with E-state index < -0.39 is 0 Å². The molecule has 0 bridgehead atoms. The molecule has 0 aliphatic heterocycles. The van der Waals surface area contributed by atoms with Crippen LogP contribution in [-0.4, -0.2) is 16.9 Å². The number of amides is 1. The van der Waals surface area contributed by atoms with Gasteiger partial charge in [0.1, 0.15) is 5.15 Å². The Morgan fingerprint density at radius 3 is 2.75 bits per heavy atom. The van der Waals surface area contributed by atoms with Crippen LogP contribution in [0.15, 0.2) is 12.1 Å². The topological polar surface area (TPSA) is 42.0 Å². The van der Waals surface area contributed by atoms with Crippen LogP contribution in [0.3, 0.4) is 0 Å². The minimum atomic E-state index is -0.0300. The standard InChI is InChI=1S/C16H23ClN2O/c1-4-5-13-8-12(9-15(17)18-13)16(20)19-14-7-6-10(2)11(14)3/h8-11,14H,4-7H2,1-3H3,(H,19,20). The lowest BCUT2D eigenvalue weighted by atomic mass is 9.97. The summed E-state index contributed by atoms with van der Waals surface area (Å²) in [5, 5.41) is 3.54. The predicted octanol–water partition coefficient (Wildman–Crippen LogP) is 3.85. The van der Waals surface area contributed by atoms with E-state index in [-0.39, 0.29) is 11.9 Å². The zero-order chi connectivity index (χ0) is 14.7. The third-order valence-corrected chi connectivity index (χ3v) is 4.59. The van der Waals surface area contributed by atoms with Crippen molar-refractivity contribution in [2.24, 2.45) is 11.8 Å². The Balaban J connectivity index is 2.09. The summed E-state index contributed by atoms with van der Waals surface area (Å²) in [5.41, 5.74) is 1.51. The van der Waals surface area contributed by atoms with Gasteiger partial charge in [-0.25, -0.2) is 4.98 Å². The van der Waals surface area contributed by atoms with Crippen molar-refractivity contribution in [3.8, 4) is 0 Å². The lowest BCUT2D eigenvalue weighted by Gasteiger charge is -2.19. The Labute approximate surface area is 126 Å². The van der Waals surface area contributed by atoms with Crippen molar-refractivity contribution >= 4 is 17.5 Å². The molecule has 1 fully saturated rings. The first kappa shape index (κ1) is 15.3. The quantitative estimate of drug-likeness (QED) is 0.857. The highest BCUT2D eigenvalue weighted by Gasteiger charge is 2.30. The highest BCUT2D eigenvalue weighted by molar-refractivity contribution is 6.29. The summed E-state index contributed by atoms with van der Waals surface area (Å²) in [5.74, 6) is 1.18. The molecule has 0 aromatic carbocycles. The Morgan fingerprint density at radius 2 is 2.15 bits per heavy atom. The summed E-state index contributed by atoms with van der Waals surface area (Å²) in [4.78, 5) is 16.6. The fourth-order valence-electron chi connectivity index (χ4n) is 2.89. The molecular formula is C16H23ClN2O. The van der Waals surface area contributed by atoms with Crippen LogP contribution in [-0.2, 0) is 6.42 Å². The van der Waals surface area contributed by atoms with Gasteiger partial charge in [0.05, 0.1) is 0 Å². The first-order valence-corrected chi connectivity index (χ1v) is 7.86.